The molecule has 0 radical (unpaired) electrons. The van der Waals surface area contributed by atoms with Crippen LogP contribution in [0.4, 0.5) is 0 Å². The van der Waals surface area contributed by atoms with E-state index in [4.69, 9.17) is 9.97 Å². The van der Waals surface area contributed by atoms with Crippen LogP contribution >= 0.6 is 0 Å². The van der Waals surface area contributed by atoms with Crippen LogP contribution in [0.15, 0.2) is 231 Å². The van der Waals surface area contributed by atoms with Gasteiger partial charge in [0.25, 0.3) is 0 Å². The summed E-state index contributed by atoms with van der Waals surface area (Å²) in [5, 5.41) is 2.32. The van der Waals surface area contributed by atoms with Crippen molar-refractivity contribution in [3.8, 4) is 67.3 Å². The van der Waals surface area contributed by atoms with E-state index in [1.54, 1.807) is 0 Å². The molecule has 276 valence electrons. The summed E-state index contributed by atoms with van der Waals surface area (Å²) in [5.74, 6) is 0.700. The van der Waals surface area contributed by atoms with E-state index in [1.807, 2.05) is 18.2 Å². The molecule has 2 heteroatoms. The Morgan fingerprint density at radius 1 is 0.271 bits per heavy atom. The van der Waals surface area contributed by atoms with Gasteiger partial charge in [0.05, 0.1) is 16.8 Å². The number of nitrogens with zero attached hydrogens (tertiary/aromatic N) is 2. The van der Waals surface area contributed by atoms with Gasteiger partial charge in [0, 0.05) is 16.7 Å². The second-order valence-corrected chi connectivity index (χ2v) is 15.2. The van der Waals surface area contributed by atoms with Crippen molar-refractivity contribution >= 4 is 10.8 Å². The van der Waals surface area contributed by atoms with E-state index >= 15 is 0 Å². The fourth-order valence-electron chi connectivity index (χ4n) is 9.40. The second kappa shape index (κ2) is 14.4. The van der Waals surface area contributed by atoms with E-state index in [0.717, 1.165) is 44.6 Å². The van der Waals surface area contributed by atoms with Crippen LogP contribution in [0.2, 0.25) is 0 Å². The number of fused-ring (bicyclic) bond motifs is 4. The first-order valence-corrected chi connectivity index (χ1v) is 20.2. The topological polar surface area (TPSA) is 25.8 Å². The fourth-order valence-corrected chi connectivity index (χ4v) is 9.40. The Hall–Kier alpha value is -7.68. The van der Waals surface area contributed by atoms with Crippen molar-refractivity contribution in [2.24, 2.45) is 0 Å². The largest absolute Gasteiger partial charge is 0.228 e. The first kappa shape index (κ1) is 34.6. The maximum absolute atomic E-state index is 5.30. The zero-order chi connectivity index (χ0) is 39.2. The highest BCUT2D eigenvalue weighted by Gasteiger charge is 2.46. The van der Waals surface area contributed by atoms with Gasteiger partial charge in [-0.25, -0.2) is 9.97 Å². The van der Waals surface area contributed by atoms with E-state index in [-0.39, 0.29) is 0 Å². The summed E-state index contributed by atoms with van der Waals surface area (Å²) in [6, 6.07) is 82.9. The van der Waals surface area contributed by atoms with Crippen molar-refractivity contribution < 1.29 is 0 Å². The van der Waals surface area contributed by atoms with Crippen molar-refractivity contribution in [3.05, 3.63) is 253 Å². The molecule has 9 aromatic carbocycles. The van der Waals surface area contributed by atoms with Crippen LogP contribution in [0.5, 0.6) is 0 Å². The van der Waals surface area contributed by atoms with Gasteiger partial charge < -0.3 is 0 Å². The van der Waals surface area contributed by atoms with Crippen LogP contribution in [0, 0.1) is 0 Å². The molecule has 0 aliphatic heterocycles. The number of aromatic nitrogens is 2. The lowest BCUT2D eigenvalue weighted by atomic mass is 9.67. The lowest BCUT2D eigenvalue weighted by molar-refractivity contribution is 0.769. The van der Waals surface area contributed by atoms with Gasteiger partial charge in [-0.3, -0.25) is 0 Å². The summed E-state index contributed by atoms with van der Waals surface area (Å²) in [6.07, 6.45) is 0. The Morgan fingerprint density at radius 2 is 0.729 bits per heavy atom. The molecular formula is C57H38N2. The van der Waals surface area contributed by atoms with Gasteiger partial charge in [-0.05, 0) is 78.5 Å². The number of benzene rings is 9. The molecule has 0 atom stereocenters. The molecule has 1 aliphatic carbocycles. The third-order valence-corrected chi connectivity index (χ3v) is 12.0. The molecule has 2 nitrogen and oxygen atoms in total. The Labute approximate surface area is 344 Å². The summed E-state index contributed by atoms with van der Waals surface area (Å²) in [6.45, 7) is 0. The average Bonchev–Trinajstić information content (AvgIpc) is 3.62. The molecule has 11 rings (SSSR count). The summed E-state index contributed by atoms with van der Waals surface area (Å²) < 4.78 is 0. The summed E-state index contributed by atoms with van der Waals surface area (Å²) in [5.41, 5.74) is 16.8. The van der Waals surface area contributed by atoms with Crippen LogP contribution < -0.4 is 0 Å². The molecule has 1 aliphatic rings. The molecule has 0 N–H and O–H groups in total. The maximum atomic E-state index is 5.30. The number of hydrogen-bond acceptors (Lipinski definition) is 2. The zero-order valence-electron chi connectivity index (χ0n) is 32.3. The molecule has 0 fully saturated rings. The molecular weight excluding hydrogens is 713 g/mol. The van der Waals surface area contributed by atoms with Gasteiger partial charge in [0.2, 0.25) is 0 Å². The Bertz CT molecular complexity index is 3100. The normalized spacial score (nSPS) is 12.5. The van der Waals surface area contributed by atoms with Crippen molar-refractivity contribution in [2.45, 2.75) is 5.41 Å². The second-order valence-electron chi connectivity index (χ2n) is 15.2. The van der Waals surface area contributed by atoms with Gasteiger partial charge >= 0.3 is 0 Å². The number of hydrogen-bond donors (Lipinski definition) is 0. The van der Waals surface area contributed by atoms with Crippen molar-refractivity contribution in [1.82, 2.24) is 9.97 Å². The molecule has 1 heterocycles. The quantitative estimate of drug-likeness (QED) is 0.162. The maximum Gasteiger partial charge on any atom is 0.160 e. The molecule has 10 aromatic rings. The monoisotopic (exact) mass is 750 g/mol. The predicted molar refractivity (Wildman–Crippen MR) is 244 cm³/mol. The number of rotatable bonds is 7. The molecule has 0 amide bonds. The highest BCUT2D eigenvalue weighted by atomic mass is 14.9. The van der Waals surface area contributed by atoms with Crippen LogP contribution in [0.3, 0.4) is 0 Å². The smallest absolute Gasteiger partial charge is 0.160 e. The van der Waals surface area contributed by atoms with E-state index in [9.17, 15) is 0 Å². The minimum atomic E-state index is -0.471. The molecule has 0 unspecified atom stereocenters. The van der Waals surface area contributed by atoms with Crippen molar-refractivity contribution in [3.63, 3.8) is 0 Å². The van der Waals surface area contributed by atoms with E-state index in [2.05, 4.69) is 212 Å². The minimum absolute atomic E-state index is 0.471. The molecule has 0 saturated carbocycles. The Morgan fingerprint density at radius 3 is 1.39 bits per heavy atom. The standard InChI is InChI=1S/C57H38N2/c1-5-19-39(20-6-1)44-27-13-16-31-50(44)54-38-55(59-56(58-54)40-21-7-2-8-22-40)51-36-35-45(46-28-14-15-29-47(46)51)41-33-34-49-48-30-17-18-32-52(48)57(53(49)37-41,42-23-9-3-10-24-42)43-25-11-4-12-26-43/h1-38H. The third kappa shape index (κ3) is 5.72. The highest BCUT2D eigenvalue weighted by Crippen LogP contribution is 2.57. The molecule has 0 saturated heterocycles. The zero-order valence-corrected chi connectivity index (χ0v) is 32.3. The first-order chi connectivity index (χ1) is 29.3. The van der Waals surface area contributed by atoms with Crippen LogP contribution in [0.1, 0.15) is 22.3 Å². The van der Waals surface area contributed by atoms with E-state index in [0.29, 0.717) is 5.82 Å². The summed E-state index contributed by atoms with van der Waals surface area (Å²) in [7, 11) is 0. The molecule has 1 aromatic heterocycles. The summed E-state index contributed by atoms with van der Waals surface area (Å²) >= 11 is 0. The Balaban J connectivity index is 1.11. The molecule has 0 spiro atoms. The average molecular weight is 751 g/mol. The van der Waals surface area contributed by atoms with Gasteiger partial charge in [0.15, 0.2) is 5.82 Å². The lowest BCUT2D eigenvalue weighted by Gasteiger charge is -2.34. The van der Waals surface area contributed by atoms with E-state index in [1.165, 1.54) is 49.9 Å². The van der Waals surface area contributed by atoms with Crippen LogP contribution in [-0.4, -0.2) is 9.97 Å². The van der Waals surface area contributed by atoms with E-state index < -0.39 is 5.41 Å². The molecule has 0 bridgehead atoms. The fraction of sp³-hybridized carbons (Fsp3) is 0.0175. The SMILES string of the molecule is c1ccc(-c2nc(-c3ccccc3-c3ccccc3)cc(-c3ccc(-c4ccc5c(c4)C(c4ccccc4)(c4ccccc4)c4ccccc4-5)c4ccccc34)n2)cc1. The highest BCUT2D eigenvalue weighted by molar-refractivity contribution is 6.05. The molecule has 59 heavy (non-hydrogen) atoms. The van der Waals surface area contributed by atoms with Crippen LogP contribution in [-0.2, 0) is 5.41 Å². The third-order valence-electron chi connectivity index (χ3n) is 12.0. The van der Waals surface area contributed by atoms with Gasteiger partial charge in [0.1, 0.15) is 0 Å². The first-order valence-electron chi connectivity index (χ1n) is 20.2. The summed E-state index contributed by atoms with van der Waals surface area (Å²) in [4.78, 5) is 10.5. The van der Waals surface area contributed by atoms with Crippen molar-refractivity contribution in [1.29, 1.82) is 0 Å². The van der Waals surface area contributed by atoms with Crippen molar-refractivity contribution in [2.75, 3.05) is 0 Å². The lowest BCUT2D eigenvalue weighted by Crippen LogP contribution is -2.28. The van der Waals surface area contributed by atoms with Gasteiger partial charge in [-0.2, -0.15) is 0 Å². The Kier molecular flexibility index (Phi) is 8.41. The van der Waals surface area contributed by atoms with Gasteiger partial charge in [-0.1, -0.05) is 218 Å². The van der Waals surface area contributed by atoms with Crippen LogP contribution in [0.25, 0.3) is 78.1 Å². The minimum Gasteiger partial charge on any atom is -0.228 e. The predicted octanol–water partition coefficient (Wildman–Crippen LogP) is 14.3. The van der Waals surface area contributed by atoms with Gasteiger partial charge in [-0.15, -0.1) is 0 Å².